The van der Waals surface area contributed by atoms with E-state index in [1.165, 1.54) is 17.0 Å². The molecule has 1 aromatic carbocycles. The van der Waals surface area contributed by atoms with E-state index in [-0.39, 0.29) is 55.0 Å². The Morgan fingerprint density at radius 2 is 1.82 bits per heavy atom. The summed E-state index contributed by atoms with van der Waals surface area (Å²) in [4.78, 5) is 41.4. The van der Waals surface area contributed by atoms with Crippen molar-refractivity contribution in [3.8, 4) is 0 Å². The highest BCUT2D eigenvalue weighted by Gasteiger charge is 2.35. The lowest BCUT2D eigenvalue weighted by molar-refractivity contribution is -0.140. The van der Waals surface area contributed by atoms with Gasteiger partial charge in [0.15, 0.2) is 0 Å². The highest BCUT2D eigenvalue weighted by Crippen LogP contribution is 2.30. The number of urea groups is 1. The minimum atomic E-state index is -4.50. The molecule has 3 unspecified atom stereocenters. The van der Waals surface area contributed by atoms with Gasteiger partial charge in [0.2, 0.25) is 11.8 Å². The van der Waals surface area contributed by atoms with Crippen LogP contribution in [0.5, 0.6) is 0 Å². The molecule has 1 aromatic rings. The van der Waals surface area contributed by atoms with Crippen molar-refractivity contribution < 1.29 is 27.6 Å². The van der Waals surface area contributed by atoms with Crippen LogP contribution in [0.25, 0.3) is 0 Å². The monoisotopic (exact) mass is 484 g/mol. The molecule has 0 aliphatic carbocycles. The maximum Gasteiger partial charge on any atom is 0.416 e. The Labute approximate surface area is 199 Å². The summed E-state index contributed by atoms with van der Waals surface area (Å²) in [5, 5.41) is 5.40. The van der Waals surface area contributed by atoms with Crippen LogP contribution in [0.15, 0.2) is 24.3 Å². The van der Waals surface area contributed by atoms with Gasteiger partial charge in [0.1, 0.15) is 6.04 Å². The Balaban J connectivity index is 2.03. The normalized spacial score (nSPS) is 18.4. The maximum atomic E-state index is 13.3. The molecule has 2 rings (SSSR count). The van der Waals surface area contributed by atoms with Gasteiger partial charge < -0.3 is 20.4 Å². The number of nitrogens with one attached hydrogen (secondary N) is 2. The van der Waals surface area contributed by atoms with Crippen LogP contribution in [0.1, 0.15) is 53.0 Å². The number of hydrogen-bond acceptors (Lipinski definition) is 3. The summed E-state index contributed by atoms with van der Waals surface area (Å²) in [5.41, 5.74) is -0.792. The minimum Gasteiger partial charge on any atom is -0.344 e. The summed E-state index contributed by atoms with van der Waals surface area (Å²) < 4.78 is 38.8. The van der Waals surface area contributed by atoms with Crippen LogP contribution in [-0.4, -0.2) is 59.4 Å². The summed E-state index contributed by atoms with van der Waals surface area (Å²) in [5.74, 6) is -0.232. The van der Waals surface area contributed by atoms with Gasteiger partial charge in [-0.05, 0) is 37.0 Å². The van der Waals surface area contributed by atoms with Crippen molar-refractivity contribution >= 4 is 23.5 Å². The Kier molecular flexibility index (Phi) is 9.35. The number of rotatable bonds is 7. The first-order valence-electron chi connectivity index (χ1n) is 11.7. The number of benzene rings is 1. The van der Waals surface area contributed by atoms with Crippen molar-refractivity contribution in [3.05, 3.63) is 29.8 Å². The van der Waals surface area contributed by atoms with Crippen molar-refractivity contribution in [2.45, 2.75) is 65.7 Å². The summed E-state index contributed by atoms with van der Waals surface area (Å²) in [6.07, 6.45) is -3.45. The molecule has 0 aromatic heterocycles. The molecule has 10 heteroatoms. The molecule has 0 radical (unpaired) electrons. The molecule has 4 amide bonds. The molecule has 0 spiro atoms. The Morgan fingerprint density at radius 1 is 1.15 bits per heavy atom. The second kappa shape index (κ2) is 11.6. The van der Waals surface area contributed by atoms with E-state index in [4.69, 9.17) is 0 Å². The Morgan fingerprint density at radius 3 is 2.38 bits per heavy atom. The van der Waals surface area contributed by atoms with Gasteiger partial charge in [-0.1, -0.05) is 40.2 Å². The number of carbonyl (C=O) groups is 3. The number of alkyl halides is 3. The summed E-state index contributed by atoms with van der Waals surface area (Å²) in [6.45, 7) is 10.3. The maximum absolute atomic E-state index is 13.3. The SMILES string of the molecule is CCC(C)C(NC(=O)CC(C)C)C(=O)N1CCN(C(=O)Nc2cccc(C(F)(F)F)c2)C(C)C1. The third-order valence-corrected chi connectivity index (χ3v) is 6.03. The number of nitrogens with zero attached hydrogens (tertiary/aromatic N) is 2. The molecular formula is C24H35F3N4O3. The zero-order valence-electron chi connectivity index (χ0n) is 20.4. The first kappa shape index (κ1) is 27.5. The first-order valence-corrected chi connectivity index (χ1v) is 11.7. The molecule has 7 nitrogen and oxygen atoms in total. The van der Waals surface area contributed by atoms with Gasteiger partial charge in [0.25, 0.3) is 0 Å². The predicted octanol–water partition coefficient (Wildman–Crippen LogP) is 4.35. The molecule has 1 fully saturated rings. The molecule has 3 atom stereocenters. The standard InChI is InChI=1S/C24H35F3N4O3/c1-6-16(4)21(29-20(32)12-15(2)3)22(33)30-10-11-31(17(5)14-30)23(34)28-19-9-7-8-18(13-19)24(25,26)27/h7-9,13,15-17,21H,6,10-12,14H2,1-5H3,(H,28,34)(H,29,32). The number of carbonyl (C=O) groups excluding carboxylic acids is 3. The second-order valence-electron chi connectivity index (χ2n) is 9.36. The van der Waals surface area contributed by atoms with E-state index in [9.17, 15) is 27.6 Å². The third-order valence-electron chi connectivity index (χ3n) is 6.03. The molecule has 1 aliphatic heterocycles. The lowest BCUT2D eigenvalue weighted by Crippen LogP contribution is -2.60. The zero-order chi connectivity index (χ0) is 25.6. The van der Waals surface area contributed by atoms with Crippen LogP contribution in [0, 0.1) is 11.8 Å². The van der Waals surface area contributed by atoms with Crippen molar-refractivity contribution in [2.75, 3.05) is 25.0 Å². The van der Waals surface area contributed by atoms with Gasteiger partial charge >= 0.3 is 12.2 Å². The zero-order valence-corrected chi connectivity index (χ0v) is 20.4. The van der Waals surface area contributed by atoms with Crippen LogP contribution in [0.2, 0.25) is 0 Å². The molecule has 1 aliphatic rings. The molecule has 0 bridgehead atoms. The van der Waals surface area contributed by atoms with E-state index in [2.05, 4.69) is 10.6 Å². The number of halogens is 3. The van der Waals surface area contributed by atoms with Crippen LogP contribution < -0.4 is 10.6 Å². The van der Waals surface area contributed by atoms with E-state index in [1.807, 2.05) is 27.7 Å². The topological polar surface area (TPSA) is 81.8 Å². The van der Waals surface area contributed by atoms with Crippen molar-refractivity contribution in [3.63, 3.8) is 0 Å². The van der Waals surface area contributed by atoms with Gasteiger partial charge in [-0.25, -0.2) is 4.79 Å². The highest BCUT2D eigenvalue weighted by molar-refractivity contribution is 5.91. The lowest BCUT2D eigenvalue weighted by Gasteiger charge is -2.41. The second-order valence-corrected chi connectivity index (χ2v) is 9.36. The van der Waals surface area contributed by atoms with Crippen molar-refractivity contribution in [1.82, 2.24) is 15.1 Å². The number of hydrogen-bond donors (Lipinski definition) is 2. The number of piperazine rings is 1. The van der Waals surface area contributed by atoms with E-state index < -0.39 is 23.8 Å². The van der Waals surface area contributed by atoms with Gasteiger partial charge in [-0.3, -0.25) is 9.59 Å². The fourth-order valence-electron chi connectivity index (χ4n) is 3.91. The van der Waals surface area contributed by atoms with Gasteiger partial charge in [-0.15, -0.1) is 0 Å². The fourth-order valence-corrected chi connectivity index (χ4v) is 3.91. The quantitative estimate of drug-likeness (QED) is 0.604. The Bertz CT molecular complexity index is 875. The van der Waals surface area contributed by atoms with E-state index in [1.54, 1.807) is 11.8 Å². The number of anilines is 1. The molecule has 1 saturated heterocycles. The van der Waals surface area contributed by atoms with E-state index in [0.717, 1.165) is 12.1 Å². The van der Waals surface area contributed by atoms with E-state index in [0.29, 0.717) is 12.8 Å². The lowest BCUT2D eigenvalue weighted by atomic mass is 9.96. The molecule has 190 valence electrons. The summed E-state index contributed by atoms with van der Waals surface area (Å²) in [6, 6.07) is 2.94. The fraction of sp³-hybridized carbons (Fsp3) is 0.625. The van der Waals surface area contributed by atoms with Crippen LogP contribution in [0.3, 0.4) is 0 Å². The smallest absolute Gasteiger partial charge is 0.344 e. The van der Waals surface area contributed by atoms with Gasteiger partial charge in [-0.2, -0.15) is 13.2 Å². The predicted molar refractivity (Wildman–Crippen MR) is 124 cm³/mol. The molecule has 34 heavy (non-hydrogen) atoms. The van der Waals surface area contributed by atoms with Crippen molar-refractivity contribution in [1.29, 1.82) is 0 Å². The molecule has 0 saturated carbocycles. The largest absolute Gasteiger partial charge is 0.416 e. The van der Waals surface area contributed by atoms with Crippen molar-refractivity contribution in [2.24, 2.45) is 11.8 Å². The van der Waals surface area contributed by atoms with Crippen LogP contribution in [-0.2, 0) is 15.8 Å². The molecule has 1 heterocycles. The van der Waals surface area contributed by atoms with E-state index >= 15 is 0 Å². The van der Waals surface area contributed by atoms with Crippen LogP contribution in [0.4, 0.5) is 23.7 Å². The van der Waals surface area contributed by atoms with Gasteiger partial charge in [0.05, 0.1) is 5.56 Å². The Hall–Kier alpha value is -2.78. The van der Waals surface area contributed by atoms with Gasteiger partial charge in [0, 0.05) is 37.8 Å². The van der Waals surface area contributed by atoms with Crippen LogP contribution >= 0.6 is 0 Å². The minimum absolute atomic E-state index is 0.0511. The summed E-state index contributed by atoms with van der Waals surface area (Å²) in [7, 11) is 0. The molecule has 2 N–H and O–H groups in total. The average molecular weight is 485 g/mol. The first-order chi connectivity index (χ1) is 15.8. The highest BCUT2D eigenvalue weighted by atomic mass is 19.4. The number of amides is 4. The summed E-state index contributed by atoms with van der Waals surface area (Å²) >= 11 is 0. The average Bonchev–Trinajstić information content (AvgIpc) is 2.75. The third kappa shape index (κ3) is 7.36. The molecular weight excluding hydrogens is 449 g/mol.